The lowest BCUT2D eigenvalue weighted by Gasteiger charge is -2.13. The van der Waals surface area contributed by atoms with E-state index in [-0.39, 0.29) is 0 Å². The maximum Gasteiger partial charge on any atom is 0.315 e. The minimum atomic E-state index is -0.896. The summed E-state index contributed by atoms with van der Waals surface area (Å²) in [6.45, 7) is 0. The van der Waals surface area contributed by atoms with Crippen LogP contribution in [0.1, 0.15) is 17.0 Å². The Kier molecular flexibility index (Phi) is 4.07. The first-order chi connectivity index (χ1) is 9.11. The molecular weight excluding hydrogens is 264 g/mol. The van der Waals surface area contributed by atoms with Gasteiger partial charge in [-0.2, -0.15) is 0 Å². The number of hydrogen-bond donors (Lipinski definition) is 1. The van der Waals surface area contributed by atoms with Crippen molar-refractivity contribution < 1.29 is 14.6 Å². The number of aliphatic carboxylic acids is 1. The third-order valence-corrected chi connectivity index (χ3v) is 3.15. The van der Waals surface area contributed by atoms with Crippen LogP contribution in [0.4, 0.5) is 0 Å². The Hall–Kier alpha value is -2.00. The summed E-state index contributed by atoms with van der Waals surface area (Å²) in [6, 6.07) is 13.9. The molecule has 0 bridgehead atoms. The molecule has 2 rings (SSSR count). The highest BCUT2D eigenvalue weighted by Gasteiger charge is 2.21. The quantitative estimate of drug-likeness (QED) is 0.929. The molecule has 0 aromatic heterocycles. The first-order valence-corrected chi connectivity index (χ1v) is 6.12. The zero-order valence-corrected chi connectivity index (χ0v) is 11.1. The summed E-state index contributed by atoms with van der Waals surface area (Å²) in [5.74, 6) is -0.903. The van der Waals surface area contributed by atoms with Gasteiger partial charge in [0.05, 0.1) is 7.11 Å². The second kappa shape index (κ2) is 5.76. The van der Waals surface area contributed by atoms with Gasteiger partial charge in [-0.3, -0.25) is 4.79 Å². The molecule has 0 radical (unpaired) electrons. The van der Waals surface area contributed by atoms with E-state index in [1.807, 2.05) is 0 Å². The fourth-order valence-electron chi connectivity index (χ4n) is 1.93. The molecule has 0 aliphatic rings. The lowest BCUT2D eigenvalue weighted by molar-refractivity contribution is -0.137. The van der Waals surface area contributed by atoms with Crippen LogP contribution >= 0.6 is 11.6 Å². The van der Waals surface area contributed by atoms with E-state index in [4.69, 9.17) is 16.3 Å². The highest BCUT2D eigenvalue weighted by molar-refractivity contribution is 6.30. The monoisotopic (exact) mass is 276 g/mol. The van der Waals surface area contributed by atoms with Gasteiger partial charge in [-0.05, 0) is 35.4 Å². The van der Waals surface area contributed by atoms with Crippen LogP contribution in [-0.4, -0.2) is 18.2 Å². The van der Waals surface area contributed by atoms with Crippen molar-refractivity contribution in [2.75, 3.05) is 7.11 Å². The summed E-state index contributed by atoms with van der Waals surface area (Å²) < 4.78 is 5.07. The minimum absolute atomic E-state index is 0.586. The molecule has 4 heteroatoms. The summed E-state index contributed by atoms with van der Waals surface area (Å²) in [5.41, 5.74) is 1.40. The van der Waals surface area contributed by atoms with Crippen molar-refractivity contribution in [2.24, 2.45) is 0 Å². The molecule has 0 saturated carbocycles. The van der Waals surface area contributed by atoms with Crippen molar-refractivity contribution in [3.8, 4) is 5.75 Å². The van der Waals surface area contributed by atoms with Crippen LogP contribution in [0.15, 0.2) is 48.5 Å². The highest BCUT2D eigenvalue weighted by atomic mass is 35.5. The summed E-state index contributed by atoms with van der Waals surface area (Å²) in [5, 5.41) is 10.00. The Balaban J connectivity index is 2.39. The fraction of sp³-hybridized carbons (Fsp3) is 0.133. The molecule has 0 amide bonds. The van der Waals surface area contributed by atoms with E-state index < -0.39 is 11.9 Å². The number of hydrogen-bond acceptors (Lipinski definition) is 2. The van der Waals surface area contributed by atoms with Crippen molar-refractivity contribution >= 4 is 17.6 Å². The van der Waals surface area contributed by atoms with Gasteiger partial charge >= 0.3 is 5.97 Å². The third-order valence-electron chi connectivity index (χ3n) is 2.90. The summed E-state index contributed by atoms with van der Waals surface area (Å²) >= 11 is 5.82. The largest absolute Gasteiger partial charge is 0.497 e. The van der Waals surface area contributed by atoms with Crippen molar-refractivity contribution in [1.29, 1.82) is 0 Å². The summed E-state index contributed by atoms with van der Waals surface area (Å²) in [7, 11) is 1.57. The number of carboxylic acids is 1. The average molecular weight is 277 g/mol. The van der Waals surface area contributed by atoms with E-state index in [0.29, 0.717) is 21.9 Å². The van der Waals surface area contributed by atoms with Crippen molar-refractivity contribution in [2.45, 2.75) is 5.92 Å². The lowest BCUT2D eigenvalue weighted by atomic mass is 9.91. The molecule has 1 unspecified atom stereocenters. The number of rotatable bonds is 4. The van der Waals surface area contributed by atoms with Gasteiger partial charge in [0.1, 0.15) is 11.7 Å². The smallest absolute Gasteiger partial charge is 0.315 e. The third kappa shape index (κ3) is 3.06. The van der Waals surface area contributed by atoms with Gasteiger partial charge in [-0.15, -0.1) is 0 Å². The van der Waals surface area contributed by atoms with Gasteiger partial charge in [0.25, 0.3) is 0 Å². The molecule has 0 heterocycles. The van der Waals surface area contributed by atoms with Gasteiger partial charge in [-0.1, -0.05) is 35.9 Å². The van der Waals surface area contributed by atoms with Crippen molar-refractivity contribution in [3.05, 3.63) is 64.7 Å². The van der Waals surface area contributed by atoms with E-state index in [0.717, 1.165) is 0 Å². The molecule has 0 spiro atoms. The molecule has 98 valence electrons. The Bertz CT molecular complexity index is 561. The van der Waals surface area contributed by atoms with E-state index in [1.54, 1.807) is 55.6 Å². The zero-order valence-electron chi connectivity index (χ0n) is 10.3. The molecule has 2 aromatic rings. The van der Waals surface area contributed by atoms with Crippen LogP contribution in [0, 0.1) is 0 Å². The second-order valence-corrected chi connectivity index (χ2v) is 4.53. The standard InChI is InChI=1S/C15H13ClO3/c1-19-13-8-4-11(5-9-13)14(15(17)18)10-2-6-12(16)7-3-10/h2-9,14H,1H3,(H,17,18). The molecule has 2 aromatic carbocycles. The Morgan fingerprint density at radius 3 is 1.95 bits per heavy atom. The zero-order chi connectivity index (χ0) is 13.8. The molecule has 0 saturated heterocycles. The lowest BCUT2D eigenvalue weighted by Crippen LogP contribution is -2.12. The van der Waals surface area contributed by atoms with E-state index >= 15 is 0 Å². The molecule has 1 atom stereocenters. The first kappa shape index (κ1) is 13.4. The second-order valence-electron chi connectivity index (χ2n) is 4.10. The first-order valence-electron chi connectivity index (χ1n) is 5.74. The SMILES string of the molecule is COc1ccc(C(C(=O)O)c2ccc(Cl)cc2)cc1. The van der Waals surface area contributed by atoms with Crippen molar-refractivity contribution in [1.82, 2.24) is 0 Å². The number of halogens is 1. The van der Waals surface area contributed by atoms with E-state index in [9.17, 15) is 9.90 Å². The Labute approximate surface area is 116 Å². The molecule has 3 nitrogen and oxygen atoms in total. The van der Waals surface area contributed by atoms with Crippen LogP contribution in [-0.2, 0) is 4.79 Å². The summed E-state index contributed by atoms with van der Waals surface area (Å²) in [6.07, 6.45) is 0. The molecular formula is C15H13ClO3. The van der Waals surface area contributed by atoms with E-state index in [2.05, 4.69) is 0 Å². The highest BCUT2D eigenvalue weighted by Crippen LogP contribution is 2.27. The molecule has 19 heavy (non-hydrogen) atoms. The Morgan fingerprint density at radius 2 is 1.53 bits per heavy atom. The maximum absolute atomic E-state index is 11.5. The van der Waals surface area contributed by atoms with Crippen LogP contribution < -0.4 is 4.74 Å². The Morgan fingerprint density at radius 1 is 1.05 bits per heavy atom. The number of benzene rings is 2. The number of carboxylic acid groups (broad SMARTS) is 1. The molecule has 0 aliphatic heterocycles. The summed E-state index contributed by atoms with van der Waals surface area (Å²) in [4.78, 5) is 11.5. The predicted molar refractivity (Wildman–Crippen MR) is 73.9 cm³/mol. The van der Waals surface area contributed by atoms with Gasteiger partial charge in [-0.25, -0.2) is 0 Å². The van der Waals surface area contributed by atoms with Crippen molar-refractivity contribution in [3.63, 3.8) is 0 Å². The normalized spacial score (nSPS) is 11.9. The van der Waals surface area contributed by atoms with E-state index in [1.165, 1.54) is 0 Å². The van der Waals surface area contributed by atoms with Crippen LogP contribution in [0.25, 0.3) is 0 Å². The topological polar surface area (TPSA) is 46.5 Å². The number of methoxy groups -OCH3 is 1. The van der Waals surface area contributed by atoms with Gasteiger partial charge in [0, 0.05) is 5.02 Å². The predicted octanol–water partition coefficient (Wildman–Crippen LogP) is 3.57. The molecule has 0 aliphatic carbocycles. The van der Waals surface area contributed by atoms with Gasteiger partial charge in [0.2, 0.25) is 0 Å². The van der Waals surface area contributed by atoms with Crippen LogP contribution in [0.5, 0.6) is 5.75 Å². The van der Waals surface area contributed by atoms with Gasteiger partial charge in [0.15, 0.2) is 0 Å². The minimum Gasteiger partial charge on any atom is -0.497 e. The number of ether oxygens (including phenoxy) is 1. The molecule has 0 fully saturated rings. The average Bonchev–Trinajstić information content (AvgIpc) is 2.42. The fourth-order valence-corrected chi connectivity index (χ4v) is 2.06. The number of carbonyl (C=O) groups is 1. The van der Waals surface area contributed by atoms with Gasteiger partial charge < -0.3 is 9.84 Å². The van der Waals surface area contributed by atoms with Crippen LogP contribution in [0.2, 0.25) is 5.02 Å². The molecule has 1 N–H and O–H groups in total. The van der Waals surface area contributed by atoms with Crippen LogP contribution in [0.3, 0.4) is 0 Å². The maximum atomic E-state index is 11.5.